The fourth-order valence-corrected chi connectivity index (χ4v) is 4.37. The lowest BCUT2D eigenvalue weighted by atomic mass is 9.62. The van der Waals surface area contributed by atoms with Crippen molar-refractivity contribution in [1.29, 1.82) is 0 Å². The summed E-state index contributed by atoms with van der Waals surface area (Å²) < 4.78 is 0. The maximum atomic E-state index is 2.67. The summed E-state index contributed by atoms with van der Waals surface area (Å²) in [5.74, 6) is 2.66. The molecule has 1 aromatic rings. The first-order valence-electron chi connectivity index (χ1n) is 7.66. The lowest BCUT2D eigenvalue weighted by Gasteiger charge is -2.44. The molecule has 0 bridgehead atoms. The van der Waals surface area contributed by atoms with Crippen LogP contribution in [0.3, 0.4) is 0 Å². The van der Waals surface area contributed by atoms with Gasteiger partial charge in [0.05, 0.1) is 0 Å². The van der Waals surface area contributed by atoms with E-state index in [0.717, 1.165) is 0 Å². The number of hydrogen-bond donors (Lipinski definition) is 0. The van der Waals surface area contributed by atoms with Gasteiger partial charge in [-0.15, -0.1) is 0 Å². The molecule has 0 amide bonds. The smallest absolute Gasteiger partial charge is 0.00727 e. The molecule has 1 aromatic carbocycles. The molecule has 0 aromatic heterocycles. The van der Waals surface area contributed by atoms with E-state index in [1.54, 1.807) is 5.56 Å². The van der Waals surface area contributed by atoms with Crippen LogP contribution in [0.15, 0.2) is 24.3 Å². The van der Waals surface area contributed by atoms with Crippen molar-refractivity contribution in [1.82, 2.24) is 4.90 Å². The van der Waals surface area contributed by atoms with Crippen molar-refractivity contribution in [3.63, 3.8) is 0 Å². The molecule has 104 valence electrons. The van der Waals surface area contributed by atoms with Gasteiger partial charge in [0.15, 0.2) is 0 Å². The minimum atomic E-state index is 0.512. The molecular weight excluding hydrogens is 250 g/mol. The Bertz CT molecular complexity index is 402. The van der Waals surface area contributed by atoms with E-state index in [9.17, 15) is 0 Å². The third-order valence-corrected chi connectivity index (χ3v) is 5.93. The molecule has 1 nitrogen and oxygen atoms in total. The average molecular weight is 275 g/mol. The first kappa shape index (κ1) is 13.5. The third kappa shape index (κ3) is 3.00. The summed E-state index contributed by atoms with van der Waals surface area (Å²) in [4.78, 5) is 2.67. The molecule has 1 saturated carbocycles. The topological polar surface area (TPSA) is 3.24 Å². The van der Waals surface area contributed by atoms with Gasteiger partial charge in [0.2, 0.25) is 0 Å². The van der Waals surface area contributed by atoms with Crippen LogP contribution in [-0.2, 0) is 5.41 Å². The number of benzene rings is 1. The van der Waals surface area contributed by atoms with Crippen LogP contribution < -0.4 is 0 Å². The van der Waals surface area contributed by atoms with Crippen molar-refractivity contribution in [2.24, 2.45) is 0 Å². The molecule has 19 heavy (non-hydrogen) atoms. The number of rotatable bonds is 4. The fourth-order valence-electron chi connectivity index (χ4n) is 3.39. The maximum absolute atomic E-state index is 2.67. The van der Waals surface area contributed by atoms with Gasteiger partial charge in [-0.25, -0.2) is 0 Å². The Morgan fingerprint density at radius 3 is 2.37 bits per heavy atom. The van der Waals surface area contributed by atoms with E-state index in [-0.39, 0.29) is 0 Å². The molecule has 0 spiro atoms. The van der Waals surface area contributed by atoms with Crippen molar-refractivity contribution in [3.05, 3.63) is 35.4 Å². The van der Waals surface area contributed by atoms with Gasteiger partial charge in [-0.3, -0.25) is 0 Å². The van der Waals surface area contributed by atoms with Gasteiger partial charge in [0, 0.05) is 24.6 Å². The number of nitrogens with zero attached hydrogens (tertiary/aromatic N) is 1. The van der Waals surface area contributed by atoms with E-state index in [0.29, 0.717) is 5.41 Å². The second kappa shape index (κ2) is 5.88. The lowest BCUT2D eigenvalue weighted by molar-refractivity contribution is 0.183. The van der Waals surface area contributed by atoms with Crippen molar-refractivity contribution in [2.75, 3.05) is 31.1 Å². The van der Waals surface area contributed by atoms with Gasteiger partial charge in [0.1, 0.15) is 0 Å². The van der Waals surface area contributed by atoms with Crippen LogP contribution in [0.5, 0.6) is 0 Å². The summed E-state index contributed by atoms with van der Waals surface area (Å²) in [7, 11) is 0. The Labute approximate surface area is 121 Å². The van der Waals surface area contributed by atoms with Crippen LogP contribution >= 0.6 is 11.8 Å². The molecule has 1 saturated heterocycles. The summed E-state index contributed by atoms with van der Waals surface area (Å²) in [5.41, 5.74) is 3.49. The van der Waals surface area contributed by atoms with E-state index in [1.165, 1.54) is 62.4 Å². The quantitative estimate of drug-likeness (QED) is 0.821. The van der Waals surface area contributed by atoms with E-state index >= 15 is 0 Å². The fraction of sp³-hybridized carbons (Fsp3) is 0.647. The molecule has 0 N–H and O–H groups in total. The Kier molecular flexibility index (Phi) is 4.18. The Balaban J connectivity index is 1.64. The molecule has 0 atom stereocenters. The van der Waals surface area contributed by atoms with Crippen LogP contribution in [0.1, 0.15) is 36.8 Å². The Morgan fingerprint density at radius 1 is 1.11 bits per heavy atom. The largest absolute Gasteiger partial charge is 0.302 e. The highest BCUT2D eigenvalue weighted by Crippen LogP contribution is 2.46. The highest BCUT2D eigenvalue weighted by Gasteiger charge is 2.38. The summed E-state index contributed by atoms with van der Waals surface area (Å²) in [6, 6.07) is 9.32. The maximum Gasteiger partial charge on any atom is 0.00727 e. The molecule has 0 radical (unpaired) electrons. The van der Waals surface area contributed by atoms with Gasteiger partial charge in [0.25, 0.3) is 0 Å². The number of aryl methyl sites for hydroxylation is 1. The minimum Gasteiger partial charge on any atom is -0.302 e. The van der Waals surface area contributed by atoms with Gasteiger partial charge in [-0.1, -0.05) is 36.2 Å². The van der Waals surface area contributed by atoms with E-state index in [4.69, 9.17) is 0 Å². The molecule has 0 unspecified atom stereocenters. The second-order valence-corrected chi connectivity index (χ2v) is 7.43. The van der Waals surface area contributed by atoms with Gasteiger partial charge in [-0.2, -0.15) is 11.8 Å². The zero-order chi connectivity index (χ0) is 13.1. The average Bonchev–Trinajstić information content (AvgIpc) is 2.41. The number of hydrogen-bond acceptors (Lipinski definition) is 2. The van der Waals surface area contributed by atoms with Gasteiger partial charge < -0.3 is 4.90 Å². The zero-order valence-electron chi connectivity index (χ0n) is 12.0. The van der Waals surface area contributed by atoms with Crippen LogP contribution in [0.2, 0.25) is 0 Å². The molecule has 2 heteroatoms. The summed E-state index contributed by atoms with van der Waals surface area (Å²) >= 11 is 2.11. The Hall–Kier alpha value is -0.470. The molecular formula is C17H25NS. The van der Waals surface area contributed by atoms with Gasteiger partial charge >= 0.3 is 0 Å². The molecule has 1 aliphatic carbocycles. The highest BCUT2D eigenvalue weighted by atomic mass is 32.2. The van der Waals surface area contributed by atoms with Crippen LogP contribution in [-0.4, -0.2) is 36.0 Å². The normalized spacial score (nSPS) is 23.0. The molecule has 1 heterocycles. The SMILES string of the molecule is Cc1ccc(C2(CCN3CCSCC3)CCC2)cc1. The standard InChI is InChI=1S/C17H25NS/c1-15-3-5-16(6-4-15)17(7-2-8-17)9-10-18-11-13-19-14-12-18/h3-6H,2,7-14H2,1H3. The summed E-state index contributed by atoms with van der Waals surface area (Å²) in [6.07, 6.45) is 5.59. The van der Waals surface area contributed by atoms with Crippen LogP contribution in [0.25, 0.3) is 0 Å². The van der Waals surface area contributed by atoms with E-state index in [2.05, 4.69) is 47.9 Å². The monoisotopic (exact) mass is 275 g/mol. The van der Waals surface area contributed by atoms with Crippen molar-refractivity contribution in [3.8, 4) is 0 Å². The van der Waals surface area contributed by atoms with E-state index < -0.39 is 0 Å². The Morgan fingerprint density at radius 2 is 1.79 bits per heavy atom. The lowest BCUT2D eigenvalue weighted by Crippen LogP contribution is -2.41. The first-order valence-corrected chi connectivity index (χ1v) is 8.81. The van der Waals surface area contributed by atoms with Crippen LogP contribution in [0, 0.1) is 6.92 Å². The molecule has 1 aliphatic heterocycles. The predicted octanol–water partition coefficient (Wildman–Crippen LogP) is 3.86. The molecule has 2 fully saturated rings. The van der Waals surface area contributed by atoms with Crippen molar-refractivity contribution >= 4 is 11.8 Å². The van der Waals surface area contributed by atoms with Crippen molar-refractivity contribution < 1.29 is 0 Å². The highest BCUT2D eigenvalue weighted by molar-refractivity contribution is 7.99. The molecule has 2 aliphatic rings. The van der Waals surface area contributed by atoms with Crippen LogP contribution in [0.4, 0.5) is 0 Å². The molecule has 3 rings (SSSR count). The second-order valence-electron chi connectivity index (χ2n) is 6.20. The summed E-state index contributed by atoms with van der Waals surface area (Å²) in [6.45, 7) is 6.08. The minimum absolute atomic E-state index is 0.512. The van der Waals surface area contributed by atoms with Crippen molar-refractivity contribution in [2.45, 2.75) is 38.0 Å². The van der Waals surface area contributed by atoms with Gasteiger partial charge in [-0.05, 0) is 43.7 Å². The zero-order valence-corrected chi connectivity index (χ0v) is 12.8. The van der Waals surface area contributed by atoms with E-state index in [1.807, 2.05) is 0 Å². The summed E-state index contributed by atoms with van der Waals surface area (Å²) in [5, 5.41) is 0. The predicted molar refractivity (Wildman–Crippen MR) is 85.1 cm³/mol. The number of thioether (sulfide) groups is 1. The first-order chi connectivity index (χ1) is 9.28. The third-order valence-electron chi connectivity index (χ3n) is 4.98.